The number of anilines is 1. The molecule has 2 aromatic heterocycles. The molecule has 0 atom stereocenters. The number of rotatable bonds is 6. The maximum Gasteiger partial charge on any atom is 0.179 e. The summed E-state index contributed by atoms with van der Waals surface area (Å²) in [4.78, 5) is 4.27. The molecule has 0 fully saturated rings. The van der Waals surface area contributed by atoms with Crippen LogP contribution in [0, 0.1) is 0 Å². The highest BCUT2D eigenvalue weighted by Gasteiger charge is 2.02. The lowest BCUT2D eigenvalue weighted by Crippen LogP contribution is -2.05. The number of hydrogen-bond acceptors (Lipinski definition) is 4. The lowest BCUT2D eigenvalue weighted by molar-refractivity contribution is 0.248. The Balaban J connectivity index is 1.46. The van der Waals surface area contributed by atoms with Crippen LogP contribution < -0.4 is 15.2 Å². The minimum absolute atomic E-state index is 0.585. The first-order valence-electron chi connectivity index (χ1n) is 6.86. The van der Waals surface area contributed by atoms with Crippen molar-refractivity contribution in [2.24, 2.45) is 0 Å². The molecule has 0 saturated carbocycles. The molecule has 0 saturated heterocycles. The fourth-order valence-electron chi connectivity index (χ4n) is 2.03. The molecule has 5 nitrogen and oxygen atoms in total. The standard InChI is InChI=1S/C16H17N3O2/c17-13-4-6-14(7-5-13)20-11-2-12-21-15-3-1-9-19-10-8-18-16(15)19/h1,3-10H,2,11-12,17H2. The van der Waals surface area contributed by atoms with E-state index in [1.807, 2.05) is 53.2 Å². The van der Waals surface area contributed by atoms with Gasteiger partial charge in [-0.25, -0.2) is 4.98 Å². The van der Waals surface area contributed by atoms with Crippen molar-refractivity contribution in [2.45, 2.75) is 6.42 Å². The lowest BCUT2D eigenvalue weighted by Gasteiger charge is -2.09. The van der Waals surface area contributed by atoms with E-state index in [0.717, 1.165) is 29.3 Å². The van der Waals surface area contributed by atoms with Crippen molar-refractivity contribution in [1.82, 2.24) is 9.38 Å². The molecule has 2 N–H and O–H groups in total. The van der Waals surface area contributed by atoms with Crippen LogP contribution in [0.2, 0.25) is 0 Å². The molecule has 3 rings (SSSR count). The number of ether oxygens (including phenoxy) is 2. The number of nitrogens with zero attached hydrogens (tertiary/aromatic N) is 2. The van der Waals surface area contributed by atoms with E-state index in [4.69, 9.17) is 15.2 Å². The molecule has 0 amide bonds. The quantitative estimate of drug-likeness (QED) is 0.558. The Morgan fingerprint density at radius 1 is 1.00 bits per heavy atom. The zero-order valence-electron chi connectivity index (χ0n) is 11.6. The largest absolute Gasteiger partial charge is 0.493 e. The van der Waals surface area contributed by atoms with Gasteiger partial charge in [0.1, 0.15) is 5.75 Å². The SMILES string of the molecule is Nc1ccc(OCCCOc2cccn3ccnc23)cc1. The van der Waals surface area contributed by atoms with Crippen LogP contribution in [0.25, 0.3) is 5.65 Å². The predicted molar refractivity (Wildman–Crippen MR) is 81.7 cm³/mol. The molecule has 5 heteroatoms. The van der Waals surface area contributed by atoms with Crippen molar-refractivity contribution in [2.75, 3.05) is 18.9 Å². The molecule has 108 valence electrons. The van der Waals surface area contributed by atoms with Gasteiger partial charge in [0.05, 0.1) is 13.2 Å². The van der Waals surface area contributed by atoms with Gasteiger partial charge in [0.15, 0.2) is 11.4 Å². The Kier molecular flexibility index (Phi) is 3.91. The number of benzene rings is 1. The molecule has 0 aliphatic rings. The van der Waals surface area contributed by atoms with Gasteiger partial charge in [-0.3, -0.25) is 0 Å². The second-order valence-electron chi connectivity index (χ2n) is 4.65. The Bertz CT molecular complexity index is 707. The first kappa shape index (κ1) is 13.3. The highest BCUT2D eigenvalue weighted by molar-refractivity contribution is 5.53. The van der Waals surface area contributed by atoms with Crippen LogP contribution in [0.3, 0.4) is 0 Å². The van der Waals surface area contributed by atoms with E-state index >= 15 is 0 Å². The normalized spacial score (nSPS) is 10.7. The zero-order valence-corrected chi connectivity index (χ0v) is 11.6. The van der Waals surface area contributed by atoms with Gasteiger partial charge >= 0.3 is 0 Å². The summed E-state index contributed by atoms with van der Waals surface area (Å²) in [6.45, 7) is 1.18. The molecule has 0 aliphatic carbocycles. The van der Waals surface area contributed by atoms with Crippen LogP contribution in [0.4, 0.5) is 5.69 Å². The van der Waals surface area contributed by atoms with Gasteiger partial charge < -0.3 is 19.6 Å². The fourth-order valence-corrected chi connectivity index (χ4v) is 2.03. The summed E-state index contributed by atoms with van der Waals surface area (Å²) in [5, 5.41) is 0. The van der Waals surface area contributed by atoms with E-state index in [-0.39, 0.29) is 0 Å². The van der Waals surface area contributed by atoms with Crippen LogP contribution in [0.5, 0.6) is 11.5 Å². The molecule has 2 heterocycles. The summed E-state index contributed by atoms with van der Waals surface area (Å²) in [6.07, 6.45) is 6.39. The molecule has 0 spiro atoms. The van der Waals surface area contributed by atoms with Crippen molar-refractivity contribution in [3.05, 3.63) is 55.0 Å². The fraction of sp³-hybridized carbons (Fsp3) is 0.188. The Morgan fingerprint density at radius 2 is 1.81 bits per heavy atom. The average Bonchev–Trinajstić information content (AvgIpc) is 2.98. The summed E-state index contributed by atoms with van der Waals surface area (Å²) in [6, 6.07) is 11.2. The summed E-state index contributed by atoms with van der Waals surface area (Å²) in [5.74, 6) is 1.61. The topological polar surface area (TPSA) is 61.8 Å². The van der Waals surface area contributed by atoms with E-state index in [9.17, 15) is 0 Å². The van der Waals surface area contributed by atoms with E-state index in [1.165, 1.54) is 0 Å². The maximum atomic E-state index is 5.75. The molecule has 3 aromatic rings. The Labute approximate surface area is 122 Å². The highest BCUT2D eigenvalue weighted by atomic mass is 16.5. The molecule has 0 radical (unpaired) electrons. The highest BCUT2D eigenvalue weighted by Crippen LogP contribution is 2.17. The average molecular weight is 283 g/mol. The van der Waals surface area contributed by atoms with E-state index in [1.54, 1.807) is 6.20 Å². The second-order valence-corrected chi connectivity index (χ2v) is 4.65. The van der Waals surface area contributed by atoms with Crippen molar-refractivity contribution in [3.63, 3.8) is 0 Å². The second kappa shape index (κ2) is 6.17. The number of nitrogens with two attached hydrogens (primary N) is 1. The smallest absolute Gasteiger partial charge is 0.179 e. The minimum atomic E-state index is 0.585. The maximum absolute atomic E-state index is 5.75. The van der Waals surface area contributed by atoms with Gasteiger partial charge in [-0.15, -0.1) is 0 Å². The van der Waals surface area contributed by atoms with Gasteiger partial charge in [0.25, 0.3) is 0 Å². The predicted octanol–water partition coefficient (Wildman–Crippen LogP) is 2.76. The van der Waals surface area contributed by atoms with Crippen LogP contribution in [0.15, 0.2) is 55.0 Å². The molecule has 0 bridgehead atoms. The van der Waals surface area contributed by atoms with Gasteiger partial charge in [-0.2, -0.15) is 0 Å². The van der Waals surface area contributed by atoms with Gasteiger partial charge in [0.2, 0.25) is 0 Å². The minimum Gasteiger partial charge on any atom is -0.493 e. The third kappa shape index (κ3) is 3.25. The molecule has 1 aromatic carbocycles. The molecular formula is C16H17N3O2. The molecule has 0 aliphatic heterocycles. The van der Waals surface area contributed by atoms with Gasteiger partial charge in [0, 0.05) is 30.7 Å². The van der Waals surface area contributed by atoms with Crippen LogP contribution >= 0.6 is 0 Å². The van der Waals surface area contributed by atoms with Crippen molar-refractivity contribution in [3.8, 4) is 11.5 Å². The van der Waals surface area contributed by atoms with Gasteiger partial charge in [-0.05, 0) is 36.4 Å². The van der Waals surface area contributed by atoms with Crippen LogP contribution in [-0.2, 0) is 0 Å². The number of nitrogen functional groups attached to an aromatic ring is 1. The first-order valence-corrected chi connectivity index (χ1v) is 6.86. The van der Waals surface area contributed by atoms with Crippen molar-refractivity contribution in [1.29, 1.82) is 0 Å². The van der Waals surface area contributed by atoms with E-state index in [0.29, 0.717) is 13.2 Å². The van der Waals surface area contributed by atoms with Crippen molar-refractivity contribution >= 4 is 11.3 Å². The molecule has 0 unspecified atom stereocenters. The monoisotopic (exact) mass is 283 g/mol. The summed E-state index contributed by atoms with van der Waals surface area (Å²) in [5.41, 5.74) is 7.19. The third-order valence-corrected chi connectivity index (χ3v) is 3.08. The Morgan fingerprint density at radius 3 is 2.67 bits per heavy atom. The Hall–Kier alpha value is -2.69. The van der Waals surface area contributed by atoms with Gasteiger partial charge in [-0.1, -0.05) is 0 Å². The molecule has 21 heavy (non-hydrogen) atoms. The zero-order chi connectivity index (χ0) is 14.5. The number of hydrogen-bond donors (Lipinski definition) is 1. The number of pyridine rings is 1. The number of aromatic nitrogens is 2. The van der Waals surface area contributed by atoms with Crippen molar-refractivity contribution < 1.29 is 9.47 Å². The summed E-state index contributed by atoms with van der Waals surface area (Å²) < 4.78 is 13.3. The summed E-state index contributed by atoms with van der Waals surface area (Å²) in [7, 11) is 0. The van der Waals surface area contributed by atoms with E-state index < -0.39 is 0 Å². The van der Waals surface area contributed by atoms with E-state index in [2.05, 4.69) is 4.98 Å². The number of fused-ring (bicyclic) bond motifs is 1. The number of imidazole rings is 1. The lowest BCUT2D eigenvalue weighted by atomic mass is 10.3. The summed E-state index contributed by atoms with van der Waals surface area (Å²) >= 11 is 0. The third-order valence-electron chi connectivity index (χ3n) is 3.08. The first-order chi connectivity index (χ1) is 10.3. The van der Waals surface area contributed by atoms with Crippen LogP contribution in [0.1, 0.15) is 6.42 Å². The molecular weight excluding hydrogens is 266 g/mol. The van der Waals surface area contributed by atoms with Crippen LogP contribution in [-0.4, -0.2) is 22.6 Å².